The van der Waals surface area contributed by atoms with E-state index in [1.54, 1.807) is 6.20 Å². The highest BCUT2D eigenvalue weighted by molar-refractivity contribution is 4.97. The molecule has 1 aromatic rings. The van der Waals surface area contributed by atoms with E-state index in [-0.39, 0.29) is 12.1 Å². The minimum absolute atomic E-state index is 0.160. The van der Waals surface area contributed by atoms with Gasteiger partial charge in [0, 0.05) is 25.5 Å². The van der Waals surface area contributed by atoms with Gasteiger partial charge >= 0.3 is 0 Å². The number of aliphatic hydroxyl groups is 1. The zero-order valence-electron chi connectivity index (χ0n) is 7.07. The van der Waals surface area contributed by atoms with E-state index in [0.29, 0.717) is 6.54 Å². The number of nitrogens with one attached hydrogen (secondary N) is 1. The van der Waals surface area contributed by atoms with Gasteiger partial charge in [0.25, 0.3) is 0 Å². The second kappa shape index (κ2) is 2.88. The van der Waals surface area contributed by atoms with Gasteiger partial charge in [-0.25, -0.2) is 4.98 Å². The lowest BCUT2D eigenvalue weighted by molar-refractivity contribution is 0.150. The van der Waals surface area contributed by atoms with Crippen LogP contribution in [-0.2, 0) is 0 Å². The molecule has 0 aromatic carbocycles. The van der Waals surface area contributed by atoms with Crippen LogP contribution in [0.4, 0.5) is 0 Å². The first-order valence-electron chi connectivity index (χ1n) is 4.17. The second-order valence-electron chi connectivity index (χ2n) is 3.17. The van der Waals surface area contributed by atoms with Gasteiger partial charge in [0.1, 0.15) is 5.82 Å². The number of aliphatic hydroxyl groups excluding tert-OH is 1. The van der Waals surface area contributed by atoms with Gasteiger partial charge < -0.3 is 15.0 Å². The smallest absolute Gasteiger partial charge is 0.105 e. The van der Waals surface area contributed by atoms with E-state index >= 15 is 0 Å². The van der Waals surface area contributed by atoms with Crippen LogP contribution in [0.1, 0.15) is 11.9 Å². The summed E-state index contributed by atoms with van der Waals surface area (Å²) < 4.78 is 2.02. The molecule has 0 unspecified atom stereocenters. The highest BCUT2D eigenvalue weighted by atomic mass is 16.3. The minimum atomic E-state index is -0.280. The number of aryl methyl sites for hydroxylation is 1. The molecule has 0 amide bonds. The van der Waals surface area contributed by atoms with Crippen molar-refractivity contribution in [1.82, 2.24) is 14.9 Å². The maximum absolute atomic E-state index is 9.57. The molecule has 1 aromatic heterocycles. The molecule has 1 fully saturated rings. The highest BCUT2D eigenvalue weighted by Crippen LogP contribution is 2.16. The topological polar surface area (TPSA) is 50.1 Å². The van der Waals surface area contributed by atoms with Crippen molar-refractivity contribution in [2.24, 2.45) is 0 Å². The van der Waals surface area contributed by atoms with Crippen LogP contribution in [0.15, 0.2) is 12.4 Å². The number of nitrogens with zero attached hydrogens (tertiary/aromatic N) is 2. The summed E-state index contributed by atoms with van der Waals surface area (Å²) >= 11 is 0. The van der Waals surface area contributed by atoms with E-state index in [0.717, 1.165) is 12.4 Å². The first kappa shape index (κ1) is 7.76. The lowest BCUT2D eigenvalue weighted by atomic mass is 10.2. The lowest BCUT2D eigenvalue weighted by Crippen LogP contribution is -2.22. The summed E-state index contributed by atoms with van der Waals surface area (Å²) in [6, 6.07) is 0.160. The molecule has 4 heteroatoms. The zero-order chi connectivity index (χ0) is 8.55. The van der Waals surface area contributed by atoms with Crippen LogP contribution < -0.4 is 5.32 Å². The molecule has 2 heterocycles. The van der Waals surface area contributed by atoms with Gasteiger partial charge in [-0.05, 0) is 6.92 Å². The number of β-amino-alcohol motifs (C(OH)–C–C–N with tert-alkyl or cyclic N) is 1. The summed E-state index contributed by atoms with van der Waals surface area (Å²) in [7, 11) is 0. The molecule has 2 rings (SSSR count). The molecule has 2 N–H and O–H groups in total. The van der Waals surface area contributed by atoms with Crippen LogP contribution in [0.3, 0.4) is 0 Å². The summed E-state index contributed by atoms with van der Waals surface area (Å²) in [6.07, 6.45) is 3.40. The maximum Gasteiger partial charge on any atom is 0.105 e. The Morgan fingerprint density at radius 2 is 2.50 bits per heavy atom. The van der Waals surface area contributed by atoms with Gasteiger partial charge in [0.05, 0.1) is 12.1 Å². The molecule has 2 atom stereocenters. The van der Waals surface area contributed by atoms with E-state index in [1.807, 2.05) is 17.7 Å². The Balaban J connectivity index is 2.24. The molecule has 1 aliphatic heterocycles. The summed E-state index contributed by atoms with van der Waals surface area (Å²) in [4.78, 5) is 4.12. The number of imidazole rings is 1. The Hall–Kier alpha value is -0.870. The highest BCUT2D eigenvalue weighted by Gasteiger charge is 2.26. The number of rotatable bonds is 1. The van der Waals surface area contributed by atoms with Crippen molar-refractivity contribution in [2.45, 2.75) is 19.1 Å². The number of aromatic nitrogens is 2. The van der Waals surface area contributed by atoms with Gasteiger partial charge in [-0.15, -0.1) is 0 Å². The molecule has 1 aliphatic rings. The van der Waals surface area contributed by atoms with Crippen molar-refractivity contribution < 1.29 is 5.11 Å². The Labute approximate surface area is 71.2 Å². The molecule has 0 saturated carbocycles. The van der Waals surface area contributed by atoms with E-state index < -0.39 is 0 Å². The summed E-state index contributed by atoms with van der Waals surface area (Å²) in [5.41, 5.74) is 0. The van der Waals surface area contributed by atoms with Crippen LogP contribution in [0.2, 0.25) is 0 Å². The second-order valence-corrected chi connectivity index (χ2v) is 3.17. The number of hydrogen-bond donors (Lipinski definition) is 2. The predicted molar refractivity (Wildman–Crippen MR) is 44.9 cm³/mol. The summed E-state index contributed by atoms with van der Waals surface area (Å²) in [5, 5.41) is 12.7. The fourth-order valence-electron chi connectivity index (χ4n) is 1.67. The van der Waals surface area contributed by atoms with Crippen molar-refractivity contribution in [2.75, 3.05) is 13.1 Å². The first-order chi connectivity index (χ1) is 5.79. The third kappa shape index (κ3) is 1.13. The standard InChI is InChI=1S/C8H13N3O/c1-6-10-2-3-11(6)7-4-9-5-8(7)12/h2-3,7-9,12H,4-5H2,1H3/t7-,8-/m1/s1. The van der Waals surface area contributed by atoms with Crippen molar-refractivity contribution in [3.8, 4) is 0 Å². The molecule has 0 spiro atoms. The van der Waals surface area contributed by atoms with Gasteiger partial charge in [-0.1, -0.05) is 0 Å². The van der Waals surface area contributed by atoms with Crippen molar-refractivity contribution in [1.29, 1.82) is 0 Å². The normalized spacial score (nSPS) is 29.5. The van der Waals surface area contributed by atoms with Crippen LogP contribution >= 0.6 is 0 Å². The maximum atomic E-state index is 9.57. The lowest BCUT2D eigenvalue weighted by Gasteiger charge is -2.16. The third-order valence-electron chi connectivity index (χ3n) is 2.37. The van der Waals surface area contributed by atoms with Crippen LogP contribution in [0.25, 0.3) is 0 Å². The van der Waals surface area contributed by atoms with Gasteiger partial charge in [-0.2, -0.15) is 0 Å². The van der Waals surface area contributed by atoms with Crippen LogP contribution in [0, 0.1) is 6.92 Å². The van der Waals surface area contributed by atoms with Gasteiger partial charge in [0.15, 0.2) is 0 Å². The molecule has 0 bridgehead atoms. The van der Waals surface area contributed by atoms with Gasteiger partial charge in [-0.3, -0.25) is 0 Å². The summed E-state index contributed by atoms with van der Waals surface area (Å²) in [5.74, 6) is 0.961. The van der Waals surface area contributed by atoms with E-state index in [9.17, 15) is 5.11 Å². The van der Waals surface area contributed by atoms with Gasteiger partial charge in [0.2, 0.25) is 0 Å². The minimum Gasteiger partial charge on any atom is -0.390 e. The monoisotopic (exact) mass is 167 g/mol. The molecule has 0 radical (unpaired) electrons. The average Bonchev–Trinajstić information content (AvgIpc) is 2.59. The van der Waals surface area contributed by atoms with Crippen molar-refractivity contribution >= 4 is 0 Å². The van der Waals surface area contributed by atoms with Crippen molar-refractivity contribution in [3.05, 3.63) is 18.2 Å². The van der Waals surface area contributed by atoms with Crippen LogP contribution in [0.5, 0.6) is 0 Å². The zero-order valence-corrected chi connectivity index (χ0v) is 7.07. The third-order valence-corrected chi connectivity index (χ3v) is 2.37. The first-order valence-corrected chi connectivity index (χ1v) is 4.17. The molecule has 4 nitrogen and oxygen atoms in total. The Morgan fingerprint density at radius 1 is 1.67 bits per heavy atom. The largest absolute Gasteiger partial charge is 0.390 e. The average molecular weight is 167 g/mol. The molecular weight excluding hydrogens is 154 g/mol. The Bertz CT molecular complexity index is 271. The summed E-state index contributed by atoms with van der Waals surface area (Å²) in [6.45, 7) is 3.46. The van der Waals surface area contributed by atoms with E-state index in [1.165, 1.54) is 0 Å². The number of hydrogen-bond acceptors (Lipinski definition) is 3. The molecule has 1 saturated heterocycles. The SMILES string of the molecule is Cc1nccn1[C@@H]1CNC[C@H]1O. The molecule has 0 aliphatic carbocycles. The van der Waals surface area contributed by atoms with E-state index in [4.69, 9.17) is 0 Å². The Morgan fingerprint density at radius 3 is 3.00 bits per heavy atom. The molecular formula is C8H13N3O. The van der Waals surface area contributed by atoms with E-state index in [2.05, 4.69) is 10.3 Å². The fraction of sp³-hybridized carbons (Fsp3) is 0.625. The quantitative estimate of drug-likeness (QED) is 0.603. The molecule has 66 valence electrons. The Kier molecular flexibility index (Phi) is 1.86. The predicted octanol–water partition coefficient (Wildman–Crippen LogP) is -0.303. The van der Waals surface area contributed by atoms with Crippen molar-refractivity contribution in [3.63, 3.8) is 0 Å². The van der Waals surface area contributed by atoms with Crippen LogP contribution in [-0.4, -0.2) is 33.9 Å². The molecule has 12 heavy (non-hydrogen) atoms. The fourth-order valence-corrected chi connectivity index (χ4v) is 1.67.